The standard InChI is InChI=1S/C59H62FN15O5/c1-38-67-50-11-10-48(42-15-20-62-52(61)30-42)68-56(50)74(38)44-8-12-51(47(60)31-44)70-28-26-69(27-29-70)21-3-4-39-7-13-53(64-32-39)71-22-16-41(17-23-71)57(77)72-24-18-43(19-25-72)73-35-40(34-66-73)33-63-49-6-2-5-46-55(49)59(79)75(58(46)78)45-9-14-54(76)65-37-80-36-45/h2,5-8,10-13,15,20,30-32,34-35,41,43,45,63H,9,14,16-19,21-29,33,36-37H2,1H3,(H2,61,62)(H,65,76)/t45-/m0/s1. The van der Waals surface area contributed by atoms with Gasteiger partial charge in [0, 0.05) is 118 Å². The Labute approximate surface area is 462 Å². The molecule has 2 aromatic carbocycles. The first-order valence-corrected chi connectivity index (χ1v) is 27.5. The molecule has 7 aromatic rings. The summed E-state index contributed by atoms with van der Waals surface area (Å²) >= 11 is 0. The summed E-state index contributed by atoms with van der Waals surface area (Å²) in [5, 5.41) is 10.7. The molecule has 0 saturated carbocycles. The third-order valence-corrected chi connectivity index (χ3v) is 16.1. The summed E-state index contributed by atoms with van der Waals surface area (Å²) < 4.78 is 25.3. The van der Waals surface area contributed by atoms with Crippen LogP contribution in [0.15, 0.2) is 97.6 Å². The molecular weight excluding hydrogens is 1020 g/mol. The lowest BCUT2D eigenvalue weighted by Gasteiger charge is -2.37. The molecule has 4 amide bonds. The molecule has 10 heterocycles. The number of halogens is 1. The number of hydrogen-bond acceptors (Lipinski definition) is 15. The molecule has 0 spiro atoms. The Kier molecular flexibility index (Phi) is 14.7. The number of imide groups is 1. The van der Waals surface area contributed by atoms with Crippen molar-refractivity contribution in [2.75, 3.05) is 93.1 Å². The first-order valence-electron chi connectivity index (χ1n) is 27.5. The predicted molar refractivity (Wildman–Crippen MR) is 299 cm³/mol. The average Bonchev–Trinajstić information content (AvgIpc) is 4.33. The van der Waals surface area contributed by atoms with Crippen molar-refractivity contribution in [2.24, 2.45) is 5.92 Å². The fraction of sp³-hybridized carbons (Fsp3) is 0.373. The summed E-state index contributed by atoms with van der Waals surface area (Å²) in [6.45, 7) is 8.80. The number of rotatable bonds is 11. The van der Waals surface area contributed by atoms with E-state index in [9.17, 15) is 19.2 Å². The second kappa shape index (κ2) is 22.5. The number of benzene rings is 2. The van der Waals surface area contributed by atoms with Gasteiger partial charge >= 0.3 is 0 Å². The summed E-state index contributed by atoms with van der Waals surface area (Å²) in [6, 6.07) is 21.6. The Morgan fingerprint density at radius 1 is 0.850 bits per heavy atom. The van der Waals surface area contributed by atoms with Crippen LogP contribution in [0.1, 0.15) is 82.2 Å². The topological polar surface area (TPSA) is 218 Å². The average molecular weight is 1080 g/mol. The van der Waals surface area contributed by atoms with Crippen LogP contribution < -0.4 is 26.2 Å². The van der Waals surface area contributed by atoms with Crippen LogP contribution in [0.25, 0.3) is 28.1 Å². The van der Waals surface area contributed by atoms with Crippen molar-refractivity contribution in [3.63, 3.8) is 0 Å². The number of ether oxygens (including phenoxy) is 1. The zero-order valence-corrected chi connectivity index (χ0v) is 44.6. The smallest absolute Gasteiger partial charge is 0.263 e. The monoisotopic (exact) mass is 1080 g/mol. The molecule has 0 aliphatic carbocycles. The maximum Gasteiger partial charge on any atom is 0.263 e. The number of imidazole rings is 1. The number of hydrogen-bond donors (Lipinski definition) is 3. The number of anilines is 4. The fourth-order valence-electron chi connectivity index (χ4n) is 11.7. The van der Waals surface area contributed by atoms with Gasteiger partial charge in [-0.25, -0.2) is 24.3 Å². The summed E-state index contributed by atoms with van der Waals surface area (Å²) in [4.78, 5) is 81.2. The summed E-state index contributed by atoms with van der Waals surface area (Å²) in [5.41, 5.74) is 13.1. The first-order chi connectivity index (χ1) is 39.0. The number of likely N-dealkylation sites (tertiary alicyclic amines) is 1. The number of nitrogens with one attached hydrogen (secondary N) is 2. The van der Waals surface area contributed by atoms with Crippen molar-refractivity contribution < 1.29 is 28.3 Å². The third kappa shape index (κ3) is 10.8. The molecule has 410 valence electrons. The SMILES string of the molecule is Cc1nc2ccc(-c3ccnc(N)c3)nc2n1-c1ccc(N2CCN(CC#Cc3ccc(N4CCC(C(=O)N5CCC(n6cc(CNc7cccc8c7C(=O)N([C@H]7CCC(=O)NCOC7)C8=O)cn6)CC5)CC4)nc3)CC2)c(F)c1. The van der Waals surface area contributed by atoms with Gasteiger partial charge in [-0.15, -0.1) is 0 Å². The molecule has 12 rings (SSSR count). The number of nitrogen functional groups attached to an aromatic ring is 1. The minimum Gasteiger partial charge on any atom is -0.384 e. The number of aromatic nitrogens is 7. The van der Waals surface area contributed by atoms with E-state index in [-0.39, 0.29) is 55.3 Å². The van der Waals surface area contributed by atoms with Crippen molar-refractivity contribution in [3.8, 4) is 28.8 Å². The number of nitrogens with zero attached hydrogens (tertiary/aromatic N) is 12. The quantitative estimate of drug-likeness (QED) is 0.103. The van der Waals surface area contributed by atoms with E-state index in [1.807, 2.05) is 82.1 Å². The van der Waals surface area contributed by atoms with Gasteiger partial charge in [0.05, 0.1) is 59.6 Å². The number of fused-ring (bicyclic) bond motifs is 2. The van der Waals surface area contributed by atoms with E-state index in [4.69, 9.17) is 25.4 Å². The molecule has 21 heteroatoms. The molecule has 1 atom stereocenters. The maximum absolute atomic E-state index is 15.9. The molecule has 5 aromatic heterocycles. The van der Waals surface area contributed by atoms with E-state index in [1.165, 1.54) is 4.90 Å². The van der Waals surface area contributed by atoms with Crippen LogP contribution in [0.4, 0.5) is 27.4 Å². The van der Waals surface area contributed by atoms with Gasteiger partial charge in [-0.1, -0.05) is 17.9 Å². The second-order valence-electron chi connectivity index (χ2n) is 21.1. The highest BCUT2D eigenvalue weighted by Gasteiger charge is 2.42. The molecule has 20 nitrogen and oxygen atoms in total. The first kappa shape index (κ1) is 52.0. The van der Waals surface area contributed by atoms with Gasteiger partial charge in [0.25, 0.3) is 11.8 Å². The van der Waals surface area contributed by atoms with Crippen molar-refractivity contribution in [2.45, 2.75) is 64.1 Å². The molecule has 0 unspecified atom stereocenters. The number of carbonyl (C=O) groups is 4. The highest BCUT2D eigenvalue weighted by atomic mass is 19.1. The minimum atomic E-state index is -0.532. The Bertz CT molecular complexity index is 3550. The zero-order valence-electron chi connectivity index (χ0n) is 44.6. The van der Waals surface area contributed by atoms with Gasteiger partial charge in [-0.2, -0.15) is 5.10 Å². The van der Waals surface area contributed by atoms with Crippen LogP contribution in [-0.4, -0.2) is 151 Å². The molecular formula is C59H62FN15O5. The maximum atomic E-state index is 15.9. The fourth-order valence-corrected chi connectivity index (χ4v) is 11.7. The Morgan fingerprint density at radius 3 is 2.48 bits per heavy atom. The Morgan fingerprint density at radius 2 is 1.69 bits per heavy atom. The summed E-state index contributed by atoms with van der Waals surface area (Å²) in [5.74, 6) is 7.55. The number of amides is 4. The molecule has 4 N–H and O–H groups in total. The lowest BCUT2D eigenvalue weighted by molar-refractivity contribution is -0.137. The predicted octanol–water partition coefficient (Wildman–Crippen LogP) is 5.82. The van der Waals surface area contributed by atoms with Crippen LogP contribution >= 0.6 is 0 Å². The molecule has 5 aliphatic heterocycles. The molecule has 4 saturated heterocycles. The highest BCUT2D eigenvalue weighted by Crippen LogP contribution is 2.34. The van der Waals surface area contributed by atoms with Crippen molar-refractivity contribution >= 4 is 57.8 Å². The van der Waals surface area contributed by atoms with Crippen LogP contribution in [-0.2, 0) is 20.9 Å². The molecule has 0 radical (unpaired) electrons. The van der Waals surface area contributed by atoms with Crippen molar-refractivity contribution in [3.05, 3.63) is 131 Å². The van der Waals surface area contributed by atoms with E-state index in [2.05, 4.69) is 47.3 Å². The largest absolute Gasteiger partial charge is 0.384 e. The normalized spacial score (nSPS) is 18.7. The van der Waals surface area contributed by atoms with Crippen molar-refractivity contribution in [1.29, 1.82) is 0 Å². The second-order valence-corrected chi connectivity index (χ2v) is 21.1. The van der Waals surface area contributed by atoms with Crippen molar-refractivity contribution in [1.82, 2.24) is 54.3 Å². The number of carbonyl (C=O) groups excluding carboxylic acids is 4. The van der Waals surface area contributed by atoms with Gasteiger partial charge in [0.15, 0.2) is 5.65 Å². The van der Waals surface area contributed by atoms with Gasteiger partial charge in [-0.3, -0.25) is 38.2 Å². The van der Waals surface area contributed by atoms with Gasteiger partial charge in [0.1, 0.15) is 35.5 Å². The van der Waals surface area contributed by atoms with E-state index in [0.29, 0.717) is 91.2 Å². The van der Waals surface area contributed by atoms with E-state index >= 15 is 4.39 Å². The number of piperidine rings is 2. The Balaban J connectivity index is 0.570. The molecule has 80 heavy (non-hydrogen) atoms. The van der Waals surface area contributed by atoms with Crippen LogP contribution in [0.2, 0.25) is 0 Å². The lowest BCUT2D eigenvalue weighted by Crippen LogP contribution is -2.46. The Hall–Kier alpha value is -8.74. The van der Waals surface area contributed by atoms with Crippen LogP contribution in [0.3, 0.4) is 0 Å². The van der Waals surface area contributed by atoms with Gasteiger partial charge < -0.3 is 35.8 Å². The number of aryl methyl sites for hydroxylation is 1. The summed E-state index contributed by atoms with van der Waals surface area (Å²) in [7, 11) is 0. The number of piperazine rings is 1. The third-order valence-electron chi connectivity index (χ3n) is 16.1. The minimum absolute atomic E-state index is 0.0252. The van der Waals surface area contributed by atoms with Crippen LogP contribution in [0.5, 0.6) is 0 Å². The van der Waals surface area contributed by atoms with Crippen LogP contribution in [0, 0.1) is 30.5 Å². The zero-order chi connectivity index (χ0) is 54.9. The molecule has 5 aliphatic rings. The molecule has 4 fully saturated rings. The van der Waals surface area contributed by atoms with Gasteiger partial charge in [0.2, 0.25) is 11.8 Å². The highest BCUT2D eigenvalue weighted by molar-refractivity contribution is 6.24. The number of nitrogens with two attached hydrogens (primary N) is 1. The van der Waals surface area contributed by atoms with Gasteiger partial charge in [-0.05, 0) is 99.7 Å². The summed E-state index contributed by atoms with van der Waals surface area (Å²) in [6.07, 6.45) is 11.0. The number of pyridine rings is 3. The molecule has 0 bridgehead atoms. The van der Waals surface area contributed by atoms with E-state index in [1.54, 1.807) is 36.5 Å². The van der Waals surface area contributed by atoms with E-state index in [0.717, 1.165) is 85.6 Å². The lowest BCUT2D eigenvalue weighted by atomic mass is 9.93. The van der Waals surface area contributed by atoms with E-state index < -0.39 is 11.9 Å².